The van der Waals surface area contributed by atoms with Gasteiger partial charge in [0, 0.05) is 18.9 Å². The standard InChI is InChI=1S/C38H51N3O8/c1-6-8-18-32(40-37(46)49-24-31-29-16-11-9-14-27(29)28-15-10-12-17-30(28)31)36(45)48-25-33(38(3,4)5)41-35(44)26(13-7-2)23-34(43)39-19-21-47-22-20-42/h6-7,9-12,14-17,26,31-33,42H,1-2,8,13,18-25H2,3-5H3,(H,39,43)(H,40,46)(H,41,44)/t26-,32-,33+/m0/s1. The van der Waals surface area contributed by atoms with E-state index in [1.54, 1.807) is 12.2 Å². The van der Waals surface area contributed by atoms with Crippen LogP contribution in [0.1, 0.15) is 63.5 Å². The summed E-state index contributed by atoms with van der Waals surface area (Å²) in [6.07, 6.45) is 3.39. The van der Waals surface area contributed by atoms with Crippen LogP contribution < -0.4 is 16.0 Å². The van der Waals surface area contributed by atoms with Gasteiger partial charge in [0.2, 0.25) is 11.8 Å². The molecule has 0 heterocycles. The average Bonchev–Trinajstić information content (AvgIpc) is 3.39. The van der Waals surface area contributed by atoms with Gasteiger partial charge in [0.05, 0.1) is 31.8 Å². The van der Waals surface area contributed by atoms with Crippen LogP contribution in [0.2, 0.25) is 0 Å². The minimum Gasteiger partial charge on any atom is -0.462 e. The molecule has 3 rings (SSSR count). The fourth-order valence-corrected chi connectivity index (χ4v) is 5.59. The van der Waals surface area contributed by atoms with Gasteiger partial charge in [0.25, 0.3) is 0 Å². The molecule has 0 fully saturated rings. The van der Waals surface area contributed by atoms with Crippen molar-refractivity contribution >= 4 is 23.9 Å². The van der Waals surface area contributed by atoms with E-state index in [-0.39, 0.29) is 76.6 Å². The van der Waals surface area contributed by atoms with E-state index in [0.29, 0.717) is 6.42 Å². The number of amides is 3. The second kappa shape index (κ2) is 19.5. The van der Waals surface area contributed by atoms with Crippen molar-refractivity contribution in [3.63, 3.8) is 0 Å². The van der Waals surface area contributed by atoms with Crippen LogP contribution in [-0.2, 0) is 28.6 Å². The van der Waals surface area contributed by atoms with Crippen LogP contribution in [0.15, 0.2) is 73.8 Å². The molecule has 11 heteroatoms. The molecular formula is C38H51N3O8. The molecular weight excluding hydrogens is 626 g/mol. The third-order valence-corrected chi connectivity index (χ3v) is 8.39. The number of fused-ring (bicyclic) bond motifs is 3. The number of nitrogens with one attached hydrogen (secondary N) is 3. The molecule has 266 valence electrons. The molecule has 0 aliphatic heterocycles. The summed E-state index contributed by atoms with van der Waals surface area (Å²) in [5.74, 6) is -2.17. The Morgan fingerprint density at radius 2 is 1.57 bits per heavy atom. The van der Waals surface area contributed by atoms with Crippen LogP contribution in [0, 0.1) is 11.3 Å². The maximum absolute atomic E-state index is 13.3. The Hall–Kier alpha value is -4.48. The zero-order valence-electron chi connectivity index (χ0n) is 28.9. The van der Waals surface area contributed by atoms with Gasteiger partial charge in [-0.05, 0) is 46.9 Å². The van der Waals surface area contributed by atoms with E-state index in [1.165, 1.54) is 0 Å². The molecule has 0 saturated carbocycles. The summed E-state index contributed by atoms with van der Waals surface area (Å²) in [5, 5.41) is 17.1. The van der Waals surface area contributed by atoms with E-state index < -0.39 is 35.5 Å². The van der Waals surface area contributed by atoms with Gasteiger partial charge in [-0.25, -0.2) is 9.59 Å². The van der Waals surface area contributed by atoms with Gasteiger partial charge in [-0.1, -0.05) is 81.5 Å². The number of hydrogen-bond donors (Lipinski definition) is 4. The lowest BCUT2D eigenvalue weighted by Crippen LogP contribution is -2.50. The number of ether oxygens (including phenoxy) is 3. The van der Waals surface area contributed by atoms with Crippen molar-refractivity contribution in [3.8, 4) is 11.1 Å². The fraction of sp³-hybridized carbons (Fsp3) is 0.474. The lowest BCUT2D eigenvalue weighted by molar-refractivity contribution is -0.148. The first-order chi connectivity index (χ1) is 23.5. The molecule has 11 nitrogen and oxygen atoms in total. The van der Waals surface area contributed by atoms with Crippen molar-refractivity contribution in [1.82, 2.24) is 16.0 Å². The number of alkyl carbamates (subject to hydrolysis) is 1. The fourth-order valence-electron chi connectivity index (χ4n) is 5.59. The zero-order chi connectivity index (χ0) is 35.8. The van der Waals surface area contributed by atoms with Crippen LogP contribution in [0.5, 0.6) is 0 Å². The molecule has 49 heavy (non-hydrogen) atoms. The SMILES string of the molecule is C=CCC[C@H](NC(=O)OCC1c2ccccc2-c2ccccc21)C(=O)OC[C@@H](NC(=O)[C@@H](CC=C)CC(=O)NCCOCCO)C(C)(C)C. The van der Waals surface area contributed by atoms with Crippen molar-refractivity contribution in [3.05, 3.63) is 85.0 Å². The summed E-state index contributed by atoms with van der Waals surface area (Å²) < 4.78 is 16.5. The molecule has 3 amide bonds. The van der Waals surface area contributed by atoms with E-state index in [9.17, 15) is 19.2 Å². The number of benzene rings is 2. The highest BCUT2D eigenvalue weighted by Crippen LogP contribution is 2.44. The number of aliphatic hydroxyl groups excluding tert-OH is 1. The topological polar surface area (TPSA) is 152 Å². The van der Waals surface area contributed by atoms with Gasteiger partial charge in [0.15, 0.2) is 0 Å². The Balaban J connectivity index is 1.58. The first-order valence-corrected chi connectivity index (χ1v) is 16.8. The maximum atomic E-state index is 13.3. The average molecular weight is 678 g/mol. The predicted molar refractivity (Wildman–Crippen MR) is 188 cm³/mol. The molecule has 0 aromatic heterocycles. The number of rotatable bonds is 20. The Bertz CT molecular complexity index is 1390. The molecule has 0 bridgehead atoms. The molecule has 0 radical (unpaired) electrons. The summed E-state index contributed by atoms with van der Waals surface area (Å²) in [4.78, 5) is 52.1. The van der Waals surface area contributed by atoms with Crippen molar-refractivity contribution in [2.75, 3.05) is 39.6 Å². The summed E-state index contributed by atoms with van der Waals surface area (Å²) in [6, 6.07) is 14.5. The van der Waals surface area contributed by atoms with Gasteiger partial charge in [-0.15, -0.1) is 13.2 Å². The number of carbonyl (C=O) groups is 4. The molecule has 2 aromatic rings. The molecule has 2 aromatic carbocycles. The minimum atomic E-state index is -0.997. The lowest BCUT2D eigenvalue weighted by atomic mass is 9.86. The van der Waals surface area contributed by atoms with Crippen molar-refractivity contribution in [2.24, 2.45) is 11.3 Å². The van der Waals surface area contributed by atoms with E-state index in [4.69, 9.17) is 19.3 Å². The van der Waals surface area contributed by atoms with Gasteiger partial charge < -0.3 is 35.3 Å². The number of esters is 1. The second-order valence-corrected chi connectivity index (χ2v) is 13.1. The molecule has 0 unspecified atom stereocenters. The van der Waals surface area contributed by atoms with E-state index >= 15 is 0 Å². The number of aliphatic hydroxyl groups is 1. The predicted octanol–water partition coefficient (Wildman–Crippen LogP) is 4.64. The second-order valence-electron chi connectivity index (χ2n) is 13.1. The molecule has 1 aliphatic rings. The largest absolute Gasteiger partial charge is 0.462 e. The molecule has 0 spiro atoms. The summed E-state index contributed by atoms with van der Waals surface area (Å²) in [5.41, 5.74) is 3.86. The van der Waals surface area contributed by atoms with Gasteiger partial charge >= 0.3 is 12.1 Å². The lowest BCUT2D eigenvalue weighted by Gasteiger charge is -2.32. The van der Waals surface area contributed by atoms with E-state index in [2.05, 4.69) is 41.2 Å². The van der Waals surface area contributed by atoms with Crippen LogP contribution in [0.4, 0.5) is 4.79 Å². The van der Waals surface area contributed by atoms with Crippen LogP contribution >= 0.6 is 0 Å². The Morgan fingerprint density at radius 3 is 2.16 bits per heavy atom. The van der Waals surface area contributed by atoms with Crippen LogP contribution in [0.3, 0.4) is 0 Å². The van der Waals surface area contributed by atoms with Crippen molar-refractivity contribution < 1.29 is 38.5 Å². The van der Waals surface area contributed by atoms with E-state index in [0.717, 1.165) is 22.3 Å². The highest BCUT2D eigenvalue weighted by Gasteiger charge is 2.33. The summed E-state index contributed by atoms with van der Waals surface area (Å²) in [6.45, 7) is 13.7. The first-order valence-electron chi connectivity index (χ1n) is 16.8. The van der Waals surface area contributed by atoms with Gasteiger partial charge in [-0.3, -0.25) is 9.59 Å². The summed E-state index contributed by atoms with van der Waals surface area (Å²) in [7, 11) is 0. The molecule has 3 atom stereocenters. The highest BCUT2D eigenvalue weighted by molar-refractivity contribution is 5.86. The number of allylic oxidation sites excluding steroid dienone is 2. The zero-order valence-corrected chi connectivity index (χ0v) is 28.9. The van der Waals surface area contributed by atoms with Crippen molar-refractivity contribution in [1.29, 1.82) is 0 Å². The van der Waals surface area contributed by atoms with Crippen molar-refractivity contribution in [2.45, 2.75) is 64.5 Å². The third kappa shape index (κ3) is 11.9. The Kier molecular flexibility index (Phi) is 15.5. The quantitative estimate of drug-likeness (QED) is 0.0899. The first kappa shape index (κ1) is 39.0. The monoisotopic (exact) mass is 677 g/mol. The number of carbonyl (C=O) groups excluding carboxylic acids is 4. The molecule has 4 N–H and O–H groups in total. The van der Waals surface area contributed by atoms with Gasteiger partial charge in [-0.2, -0.15) is 0 Å². The molecule has 1 aliphatic carbocycles. The Labute approximate surface area is 289 Å². The normalized spacial score (nSPS) is 14.0. The number of hydrogen-bond acceptors (Lipinski definition) is 8. The summed E-state index contributed by atoms with van der Waals surface area (Å²) >= 11 is 0. The van der Waals surface area contributed by atoms with Crippen LogP contribution in [0.25, 0.3) is 11.1 Å². The third-order valence-electron chi connectivity index (χ3n) is 8.39. The smallest absolute Gasteiger partial charge is 0.407 e. The van der Waals surface area contributed by atoms with E-state index in [1.807, 2.05) is 57.2 Å². The van der Waals surface area contributed by atoms with Crippen LogP contribution in [-0.4, -0.2) is 80.6 Å². The molecule has 0 saturated heterocycles. The van der Waals surface area contributed by atoms with Gasteiger partial charge in [0.1, 0.15) is 19.3 Å². The Morgan fingerprint density at radius 1 is 0.918 bits per heavy atom. The minimum absolute atomic E-state index is 0.0673. The maximum Gasteiger partial charge on any atom is 0.407 e. The highest BCUT2D eigenvalue weighted by atomic mass is 16.6.